The van der Waals surface area contributed by atoms with Gasteiger partial charge in [0.25, 0.3) is 0 Å². The minimum atomic E-state index is -0.688. The smallest absolute Gasteiger partial charge is 0.166 e. The van der Waals surface area contributed by atoms with Gasteiger partial charge in [0.1, 0.15) is 0 Å². The van der Waals surface area contributed by atoms with Crippen LogP contribution < -0.4 is 5.30 Å². The van der Waals surface area contributed by atoms with Gasteiger partial charge in [-0.1, -0.05) is 85.8 Å². The zero-order valence-electron chi connectivity index (χ0n) is 15.8. The molecule has 0 saturated heterocycles. The highest BCUT2D eigenvalue weighted by Gasteiger charge is 2.19. The zero-order valence-corrected chi connectivity index (χ0v) is 16.7. The molecule has 1 aromatic carbocycles. The first kappa shape index (κ1) is 21.6. The molecule has 0 N–H and O–H groups in total. The van der Waals surface area contributed by atoms with Crippen LogP contribution in [0.4, 0.5) is 8.78 Å². The number of hydrogen-bond donors (Lipinski definition) is 0. The lowest BCUT2D eigenvalue weighted by Gasteiger charge is -2.22. The topological polar surface area (TPSA) is 0 Å². The number of benzene rings is 1. The summed E-state index contributed by atoms with van der Waals surface area (Å²) >= 11 is 0. The normalized spacial score (nSPS) is 13.9. The largest absolute Gasteiger partial charge is 0.204 e. The fraction of sp³-hybridized carbons (Fsp3) is 0.714. The van der Waals surface area contributed by atoms with E-state index in [-0.39, 0.29) is 0 Å². The van der Waals surface area contributed by atoms with Crippen molar-refractivity contribution in [1.82, 2.24) is 0 Å². The Bertz CT molecular complexity index is 447. The molecule has 0 fully saturated rings. The molecular weight excluding hydrogens is 321 g/mol. The second-order valence-electron chi connectivity index (χ2n) is 6.83. The third-order valence-electron chi connectivity index (χ3n) is 4.90. The molecule has 0 bridgehead atoms. The summed E-state index contributed by atoms with van der Waals surface area (Å²) in [6.45, 7) is 6.69. The Hall–Kier alpha value is -0.490. The predicted molar refractivity (Wildman–Crippen MR) is 105 cm³/mol. The van der Waals surface area contributed by atoms with E-state index in [0.29, 0.717) is 5.30 Å². The molecule has 0 radical (unpaired) electrons. The second-order valence-corrected chi connectivity index (χ2v) is 9.28. The van der Waals surface area contributed by atoms with E-state index in [1.807, 2.05) is 6.07 Å². The SMILES string of the molecule is CCCCCCP(CCC(CC)CCCC)c1cccc(F)c1F. The maximum atomic E-state index is 14.3. The van der Waals surface area contributed by atoms with Crippen LogP contribution in [-0.4, -0.2) is 12.3 Å². The van der Waals surface area contributed by atoms with E-state index in [4.69, 9.17) is 0 Å². The molecule has 1 rings (SSSR count). The average Bonchev–Trinajstić information content (AvgIpc) is 2.59. The Morgan fingerprint density at radius 2 is 1.62 bits per heavy atom. The molecule has 2 atom stereocenters. The maximum Gasteiger partial charge on any atom is 0.166 e. The van der Waals surface area contributed by atoms with Crippen molar-refractivity contribution < 1.29 is 8.78 Å². The van der Waals surface area contributed by atoms with Gasteiger partial charge >= 0.3 is 0 Å². The third kappa shape index (κ3) is 7.60. The minimum absolute atomic E-state index is 0.578. The first-order valence-electron chi connectivity index (χ1n) is 9.82. The van der Waals surface area contributed by atoms with E-state index in [0.717, 1.165) is 31.1 Å². The summed E-state index contributed by atoms with van der Waals surface area (Å²) in [5, 5.41) is 0.659. The first-order chi connectivity index (χ1) is 11.6. The molecule has 1 aromatic rings. The monoisotopic (exact) mass is 356 g/mol. The summed E-state index contributed by atoms with van der Waals surface area (Å²) in [4.78, 5) is 0. The van der Waals surface area contributed by atoms with Gasteiger partial charge in [0.05, 0.1) is 0 Å². The second kappa shape index (κ2) is 12.8. The van der Waals surface area contributed by atoms with Crippen LogP contribution in [0.15, 0.2) is 18.2 Å². The van der Waals surface area contributed by atoms with E-state index < -0.39 is 19.6 Å². The Morgan fingerprint density at radius 3 is 2.29 bits per heavy atom. The highest BCUT2D eigenvalue weighted by molar-refractivity contribution is 7.65. The number of rotatable bonds is 13. The van der Waals surface area contributed by atoms with Crippen LogP contribution in [0.25, 0.3) is 0 Å². The van der Waals surface area contributed by atoms with Crippen LogP contribution >= 0.6 is 7.92 Å². The predicted octanol–water partition coefficient (Wildman–Crippen LogP) is 7.26. The van der Waals surface area contributed by atoms with Gasteiger partial charge in [-0.2, -0.15) is 0 Å². The number of hydrogen-bond acceptors (Lipinski definition) is 0. The van der Waals surface area contributed by atoms with Crippen molar-refractivity contribution in [2.45, 2.75) is 78.6 Å². The standard InChI is InChI=1S/C21H35F2P/c1-4-7-9-10-16-24(17-15-18(6-3)12-8-5-2)20-14-11-13-19(22)21(20)23/h11,13-14,18H,4-10,12,15-17H2,1-3H3. The van der Waals surface area contributed by atoms with Crippen molar-refractivity contribution in [3.8, 4) is 0 Å². The maximum absolute atomic E-state index is 14.3. The van der Waals surface area contributed by atoms with Crippen molar-refractivity contribution in [3.05, 3.63) is 29.8 Å². The van der Waals surface area contributed by atoms with Gasteiger partial charge in [-0.05, 0) is 37.1 Å². The van der Waals surface area contributed by atoms with Crippen molar-refractivity contribution in [3.63, 3.8) is 0 Å². The van der Waals surface area contributed by atoms with Crippen molar-refractivity contribution in [1.29, 1.82) is 0 Å². The fourth-order valence-corrected chi connectivity index (χ4v) is 5.87. The van der Waals surface area contributed by atoms with Crippen molar-refractivity contribution in [2.24, 2.45) is 5.92 Å². The summed E-state index contributed by atoms with van der Waals surface area (Å²) in [6, 6.07) is 4.72. The Kier molecular flexibility index (Phi) is 11.5. The lowest BCUT2D eigenvalue weighted by molar-refractivity contribution is 0.440. The molecule has 0 aliphatic heterocycles. The molecular formula is C21H35F2P. The molecule has 0 heterocycles. The first-order valence-corrected chi connectivity index (χ1v) is 11.5. The van der Waals surface area contributed by atoms with Gasteiger partial charge in [0, 0.05) is 5.30 Å². The molecule has 24 heavy (non-hydrogen) atoms. The van der Waals surface area contributed by atoms with Crippen LogP contribution in [-0.2, 0) is 0 Å². The molecule has 0 saturated carbocycles. The summed E-state index contributed by atoms with van der Waals surface area (Å²) < 4.78 is 27.9. The molecule has 0 aliphatic carbocycles. The molecule has 2 unspecified atom stereocenters. The van der Waals surface area contributed by atoms with Crippen LogP contribution in [0.2, 0.25) is 0 Å². The highest BCUT2D eigenvalue weighted by atomic mass is 31.1. The number of unbranched alkanes of at least 4 members (excludes halogenated alkanes) is 4. The quantitative estimate of drug-likeness (QED) is 0.258. The Balaban J connectivity index is 2.71. The molecule has 0 aliphatic rings. The zero-order chi connectivity index (χ0) is 17.8. The molecule has 0 amide bonds. The van der Waals surface area contributed by atoms with Crippen LogP contribution in [0.1, 0.15) is 78.6 Å². The minimum Gasteiger partial charge on any atom is -0.204 e. The Labute approximate surface area is 149 Å². The molecule has 0 nitrogen and oxygen atoms in total. The fourth-order valence-electron chi connectivity index (χ4n) is 3.20. The van der Waals surface area contributed by atoms with Gasteiger partial charge in [-0.3, -0.25) is 0 Å². The summed E-state index contributed by atoms with van der Waals surface area (Å²) in [5.74, 6) is -0.547. The van der Waals surface area contributed by atoms with Crippen molar-refractivity contribution >= 4 is 13.2 Å². The van der Waals surface area contributed by atoms with Gasteiger partial charge in [0.15, 0.2) is 11.6 Å². The Morgan fingerprint density at radius 1 is 0.875 bits per heavy atom. The van der Waals surface area contributed by atoms with E-state index in [1.165, 1.54) is 51.0 Å². The highest BCUT2D eigenvalue weighted by Crippen LogP contribution is 2.39. The molecule has 3 heteroatoms. The average molecular weight is 356 g/mol. The van der Waals surface area contributed by atoms with Crippen molar-refractivity contribution in [2.75, 3.05) is 12.3 Å². The van der Waals surface area contributed by atoms with Crippen LogP contribution in [0.5, 0.6) is 0 Å². The van der Waals surface area contributed by atoms with Gasteiger partial charge in [-0.15, -0.1) is 0 Å². The van der Waals surface area contributed by atoms with Crippen LogP contribution in [0.3, 0.4) is 0 Å². The summed E-state index contributed by atoms with van der Waals surface area (Å²) in [5.41, 5.74) is 0. The van der Waals surface area contributed by atoms with E-state index in [9.17, 15) is 8.78 Å². The summed E-state index contributed by atoms with van der Waals surface area (Å²) in [6.07, 6.45) is 13.0. The van der Waals surface area contributed by atoms with Gasteiger partial charge in [-0.25, -0.2) is 8.78 Å². The van der Waals surface area contributed by atoms with Gasteiger partial charge in [0.2, 0.25) is 0 Å². The van der Waals surface area contributed by atoms with Crippen LogP contribution in [0, 0.1) is 17.6 Å². The molecule has 0 spiro atoms. The number of halogens is 2. The van der Waals surface area contributed by atoms with E-state index >= 15 is 0 Å². The van der Waals surface area contributed by atoms with E-state index in [2.05, 4.69) is 20.8 Å². The summed E-state index contributed by atoms with van der Waals surface area (Å²) in [7, 11) is -0.578. The van der Waals surface area contributed by atoms with Gasteiger partial charge < -0.3 is 0 Å². The lowest BCUT2D eigenvalue weighted by atomic mass is 9.97. The lowest BCUT2D eigenvalue weighted by Crippen LogP contribution is -2.14. The third-order valence-corrected chi connectivity index (χ3v) is 7.58. The molecule has 138 valence electrons. The molecule has 0 aromatic heterocycles. The van der Waals surface area contributed by atoms with E-state index in [1.54, 1.807) is 6.07 Å².